The van der Waals surface area contributed by atoms with Gasteiger partial charge in [-0.05, 0) is 24.1 Å². The van der Waals surface area contributed by atoms with Gasteiger partial charge < -0.3 is 5.32 Å². The lowest BCUT2D eigenvalue weighted by molar-refractivity contribution is 0.0874. The van der Waals surface area contributed by atoms with Crippen molar-refractivity contribution in [1.29, 1.82) is 0 Å². The fourth-order valence-corrected chi connectivity index (χ4v) is 3.30. The zero-order chi connectivity index (χ0) is 16.2. The van der Waals surface area contributed by atoms with E-state index in [1.807, 2.05) is 35.7 Å². The molecule has 1 atom stereocenters. The van der Waals surface area contributed by atoms with E-state index in [-0.39, 0.29) is 5.91 Å². The van der Waals surface area contributed by atoms with Crippen molar-refractivity contribution in [2.75, 3.05) is 7.05 Å². The van der Waals surface area contributed by atoms with Crippen LogP contribution in [0.2, 0.25) is 0 Å². The minimum Gasteiger partial charge on any atom is -0.332 e. The lowest BCUT2D eigenvalue weighted by Gasteiger charge is -2.33. The Labute approximate surface area is 148 Å². The quantitative estimate of drug-likeness (QED) is 0.622. The molecule has 7 heteroatoms. The van der Waals surface area contributed by atoms with Crippen molar-refractivity contribution in [2.45, 2.75) is 16.5 Å². The molecule has 3 nitrogen and oxygen atoms in total. The molecule has 22 heavy (non-hydrogen) atoms. The first-order valence-corrected chi connectivity index (χ1v) is 8.54. The van der Waals surface area contributed by atoms with Crippen molar-refractivity contribution in [3.8, 4) is 0 Å². The third kappa shape index (κ3) is 4.86. The summed E-state index contributed by atoms with van der Waals surface area (Å²) in [5.74, 6) is -0.258. The summed E-state index contributed by atoms with van der Waals surface area (Å²) in [6, 6.07) is 13.3. The third-order valence-corrected chi connectivity index (χ3v) is 4.53. The van der Waals surface area contributed by atoms with E-state index < -0.39 is 9.96 Å². The largest absolute Gasteiger partial charge is 0.332 e. The van der Waals surface area contributed by atoms with Gasteiger partial charge in [-0.3, -0.25) is 9.69 Å². The maximum absolute atomic E-state index is 12.2. The zero-order valence-corrected chi connectivity index (χ0v) is 14.9. The van der Waals surface area contributed by atoms with Crippen molar-refractivity contribution in [1.82, 2.24) is 10.2 Å². The Morgan fingerprint density at radius 3 is 2.45 bits per heavy atom. The van der Waals surface area contributed by atoms with Crippen LogP contribution in [0.3, 0.4) is 0 Å². The number of benzene rings is 1. The number of carbonyl (C=O) groups is 1. The molecule has 0 fully saturated rings. The topological polar surface area (TPSA) is 32.3 Å². The first kappa shape index (κ1) is 17.6. The van der Waals surface area contributed by atoms with Crippen LogP contribution < -0.4 is 5.32 Å². The molecule has 118 valence electrons. The molecule has 2 rings (SSSR count). The van der Waals surface area contributed by atoms with Crippen molar-refractivity contribution in [3.05, 3.63) is 58.3 Å². The van der Waals surface area contributed by atoms with Gasteiger partial charge in [0, 0.05) is 6.54 Å². The van der Waals surface area contributed by atoms with E-state index in [1.54, 1.807) is 24.1 Å². The zero-order valence-electron chi connectivity index (χ0n) is 11.8. The van der Waals surface area contributed by atoms with Crippen molar-refractivity contribution < 1.29 is 4.79 Å². The second-order valence-electron chi connectivity index (χ2n) is 4.80. The van der Waals surface area contributed by atoms with Gasteiger partial charge in [0.1, 0.15) is 6.17 Å². The lowest BCUT2D eigenvalue weighted by Crippen LogP contribution is -2.53. The van der Waals surface area contributed by atoms with Gasteiger partial charge in [-0.25, -0.2) is 0 Å². The molecule has 0 aliphatic heterocycles. The minimum atomic E-state index is -1.64. The smallest absolute Gasteiger partial charge is 0.262 e. The third-order valence-electron chi connectivity index (χ3n) is 3.04. The summed E-state index contributed by atoms with van der Waals surface area (Å²) in [6.45, 7) is 0.546. The van der Waals surface area contributed by atoms with E-state index in [2.05, 4.69) is 5.32 Å². The summed E-state index contributed by atoms with van der Waals surface area (Å²) < 4.78 is -1.64. The highest BCUT2D eigenvalue weighted by Gasteiger charge is 2.37. The molecule has 1 N–H and O–H groups in total. The highest BCUT2D eigenvalue weighted by molar-refractivity contribution is 7.12. The van der Waals surface area contributed by atoms with Crippen LogP contribution in [-0.2, 0) is 6.54 Å². The van der Waals surface area contributed by atoms with Gasteiger partial charge in [-0.15, -0.1) is 11.3 Å². The molecule has 1 unspecified atom stereocenters. The number of amides is 1. The molecule has 1 aromatic carbocycles. The Bertz CT molecular complexity index is 599. The Balaban J connectivity index is 2.10. The van der Waals surface area contributed by atoms with Crippen LogP contribution in [0.15, 0.2) is 47.8 Å². The fraction of sp³-hybridized carbons (Fsp3) is 0.267. The van der Waals surface area contributed by atoms with Crippen molar-refractivity contribution in [2.24, 2.45) is 0 Å². The van der Waals surface area contributed by atoms with Gasteiger partial charge >= 0.3 is 0 Å². The molecule has 0 saturated heterocycles. The molecule has 0 aliphatic rings. The molecule has 0 aliphatic carbocycles. The Hall–Kier alpha value is -0.780. The van der Waals surface area contributed by atoms with Crippen LogP contribution in [0.4, 0.5) is 0 Å². The van der Waals surface area contributed by atoms with E-state index in [9.17, 15) is 4.79 Å². The second kappa shape index (κ2) is 7.66. The first-order chi connectivity index (χ1) is 10.4. The number of thiophene rings is 1. The Morgan fingerprint density at radius 1 is 1.23 bits per heavy atom. The van der Waals surface area contributed by atoms with Gasteiger partial charge in [0.05, 0.1) is 4.88 Å². The molecule has 0 spiro atoms. The SMILES string of the molecule is CN(Cc1ccccc1)C(NC(=O)c1cccs1)C(Cl)(Cl)Cl. The number of nitrogens with zero attached hydrogens (tertiary/aromatic N) is 1. The highest BCUT2D eigenvalue weighted by atomic mass is 35.6. The first-order valence-electron chi connectivity index (χ1n) is 6.53. The van der Waals surface area contributed by atoms with Crippen LogP contribution in [0.1, 0.15) is 15.2 Å². The second-order valence-corrected chi connectivity index (χ2v) is 8.11. The average molecular weight is 378 g/mol. The maximum Gasteiger partial charge on any atom is 0.262 e. The summed E-state index contributed by atoms with van der Waals surface area (Å²) in [6.07, 6.45) is -0.743. The normalized spacial score (nSPS) is 13.1. The van der Waals surface area contributed by atoms with E-state index in [0.717, 1.165) is 5.56 Å². The molecule has 1 heterocycles. The number of rotatable bonds is 5. The van der Waals surface area contributed by atoms with Crippen LogP contribution in [0.5, 0.6) is 0 Å². The number of nitrogens with one attached hydrogen (secondary N) is 1. The molecule has 0 bridgehead atoms. The maximum atomic E-state index is 12.2. The van der Waals surface area contributed by atoms with Crippen LogP contribution in [-0.4, -0.2) is 27.8 Å². The average Bonchev–Trinajstić information content (AvgIpc) is 2.98. The van der Waals surface area contributed by atoms with E-state index >= 15 is 0 Å². The molecular weight excluding hydrogens is 363 g/mol. The molecule has 0 saturated carbocycles. The van der Waals surface area contributed by atoms with Gasteiger partial charge in [0.25, 0.3) is 5.91 Å². The Kier molecular flexibility index (Phi) is 6.12. The fourth-order valence-electron chi connectivity index (χ4n) is 2.01. The van der Waals surface area contributed by atoms with E-state index in [0.29, 0.717) is 11.4 Å². The van der Waals surface area contributed by atoms with E-state index in [4.69, 9.17) is 34.8 Å². The summed E-state index contributed by atoms with van der Waals surface area (Å²) >= 11 is 19.5. The van der Waals surface area contributed by atoms with Crippen molar-refractivity contribution in [3.63, 3.8) is 0 Å². The summed E-state index contributed by atoms with van der Waals surface area (Å²) in [5, 5.41) is 4.61. The number of halogens is 3. The Morgan fingerprint density at radius 2 is 1.91 bits per heavy atom. The van der Waals surface area contributed by atoms with Crippen molar-refractivity contribution >= 4 is 52.0 Å². The summed E-state index contributed by atoms with van der Waals surface area (Å²) in [4.78, 5) is 14.6. The van der Waals surface area contributed by atoms with Crippen LogP contribution in [0.25, 0.3) is 0 Å². The van der Waals surface area contributed by atoms with Gasteiger partial charge in [-0.1, -0.05) is 71.2 Å². The monoisotopic (exact) mass is 376 g/mol. The lowest BCUT2D eigenvalue weighted by atomic mass is 10.2. The van der Waals surface area contributed by atoms with Gasteiger partial charge in [0.15, 0.2) is 0 Å². The summed E-state index contributed by atoms with van der Waals surface area (Å²) in [5.41, 5.74) is 1.06. The standard InChI is InChI=1S/C15H15Cl3N2OS/c1-20(10-11-6-3-2-4-7-11)14(15(16,17)18)19-13(21)12-8-5-9-22-12/h2-9,14H,10H2,1H3,(H,19,21). The highest BCUT2D eigenvalue weighted by Crippen LogP contribution is 2.32. The molecule has 1 amide bonds. The number of hydrogen-bond acceptors (Lipinski definition) is 3. The van der Waals surface area contributed by atoms with Gasteiger partial charge in [-0.2, -0.15) is 0 Å². The molecule has 2 aromatic rings. The molecule has 0 radical (unpaired) electrons. The molecule has 1 aromatic heterocycles. The van der Waals surface area contributed by atoms with Crippen LogP contribution >= 0.6 is 46.1 Å². The summed E-state index contributed by atoms with van der Waals surface area (Å²) in [7, 11) is 1.80. The number of carbonyl (C=O) groups excluding carboxylic acids is 1. The number of hydrogen-bond donors (Lipinski definition) is 1. The molecular formula is C15H15Cl3N2OS. The van der Waals surface area contributed by atoms with E-state index in [1.165, 1.54) is 11.3 Å². The minimum absolute atomic E-state index is 0.258. The van der Waals surface area contributed by atoms with Crippen LogP contribution in [0, 0.1) is 0 Å². The number of alkyl halides is 3. The predicted molar refractivity (Wildman–Crippen MR) is 93.8 cm³/mol. The van der Waals surface area contributed by atoms with Gasteiger partial charge in [0.2, 0.25) is 3.79 Å². The predicted octanol–water partition coefficient (Wildman–Crippen LogP) is 4.31.